The third-order valence-electron chi connectivity index (χ3n) is 3.40. The number of aromatic nitrogens is 1. The van der Waals surface area contributed by atoms with E-state index in [1.54, 1.807) is 11.5 Å². The van der Waals surface area contributed by atoms with Crippen molar-refractivity contribution in [3.05, 3.63) is 23.0 Å². The van der Waals surface area contributed by atoms with Crippen LogP contribution in [-0.2, 0) is 21.7 Å². The summed E-state index contributed by atoms with van der Waals surface area (Å²) >= 11 is 0. The van der Waals surface area contributed by atoms with E-state index in [4.69, 9.17) is 0 Å². The maximum Gasteiger partial charge on any atom is 0.432 e. The van der Waals surface area contributed by atoms with E-state index in [9.17, 15) is 23.1 Å². The molecule has 1 atom stereocenters. The number of aliphatic hydroxyl groups is 1. The van der Waals surface area contributed by atoms with Gasteiger partial charge in [-0.25, -0.2) is 4.79 Å². The topological polar surface area (TPSA) is 51.5 Å². The Balaban J connectivity index is 3.52. The second kappa shape index (κ2) is 5.71. The number of carbonyl (C=O) groups excluding carboxylic acids is 1. The number of ether oxygens (including phenoxy) is 1. The summed E-state index contributed by atoms with van der Waals surface area (Å²) in [6.45, 7) is 7.42. The van der Waals surface area contributed by atoms with Crippen LogP contribution in [0.5, 0.6) is 0 Å². The van der Waals surface area contributed by atoms with Gasteiger partial charge in [-0.05, 0) is 25.8 Å². The van der Waals surface area contributed by atoms with Crippen molar-refractivity contribution >= 4 is 5.97 Å². The number of hydrogen-bond donors (Lipinski definition) is 1. The Morgan fingerprint density at radius 2 is 1.90 bits per heavy atom. The molecule has 1 rings (SSSR count). The molecule has 21 heavy (non-hydrogen) atoms. The molecule has 0 bridgehead atoms. The number of alkyl halides is 3. The predicted octanol–water partition coefficient (Wildman–Crippen LogP) is 2.68. The van der Waals surface area contributed by atoms with E-state index < -0.39 is 23.3 Å². The van der Waals surface area contributed by atoms with Gasteiger partial charge in [-0.1, -0.05) is 13.8 Å². The van der Waals surface area contributed by atoms with E-state index >= 15 is 0 Å². The van der Waals surface area contributed by atoms with E-state index in [-0.39, 0.29) is 11.6 Å². The first-order valence-corrected chi connectivity index (χ1v) is 6.51. The lowest BCUT2D eigenvalue weighted by atomic mass is 9.93. The number of halogens is 3. The van der Waals surface area contributed by atoms with Crippen LogP contribution in [0, 0.1) is 19.8 Å². The summed E-state index contributed by atoms with van der Waals surface area (Å²) in [6.07, 6.45) is -5.17. The molecule has 0 aliphatic carbocycles. The van der Waals surface area contributed by atoms with Crippen LogP contribution in [0.2, 0.25) is 0 Å². The Hall–Kier alpha value is -1.50. The minimum atomic E-state index is -5.17. The first kappa shape index (κ1) is 17.6. The normalized spacial score (nSPS) is 15.1. The number of aryl methyl sites for hydroxylation is 1. The average molecular weight is 307 g/mol. The summed E-state index contributed by atoms with van der Waals surface area (Å²) in [4.78, 5) is 11.6. The van der Waals surface area contributed by atoms with Gasteiger partial charge in [0.05, 0.1) is 7.11 Å². The molecule has 1 unspecified atom stereocenters. The molecule has 1 aromatic heterocycles. The molecule has 0 amide bonds. The fraction of sp³-hybridized carbons (Fsp3) is 0.643. The molecule has 0 saturated carbocycles. The van der Waals surface area contributed by atoms with Crippen LogP contribution in [0.3, 0.4) is 0 Å². The zero-order valence-electron chi connectivity index (χ0n) is 12.7. The smallest absolute Gasteiger partial charge is 0.432 e. The molecule has 120 valence electrons. The highest BCUT2D eigenvalue weighted by Crippen LogP contribution is 2.42. The summed E-state index contributed by atoms with van der Waals surface area (Å²) in [7, 11) is 0.812. The molecule has 4 nitrogen and oxygen atoms in total. The Kier molecular flexibility index (Phi) is 4.77. The third-order valence-corrected chi connectivity index (χ3v) is 3.40. The van der Waals surface area contributed by atoms with E-state index in [2.05, 4.69) is 4.74 Å². The summed E-state index contributed by atoms with van der Waals surface area (Å²) in [5, 5.41) is 10.0. The second-order valence-corrected chi connectivity index (χ2v) is 5.49. The van der Waals surface area contributed by atoms with Crippen molar-refractivity contribution < 1.29 is 27.8 Å². The first-order valence-electron chi connectivity index (χ1n) is 6.51. The van der Waals surface area contributed by atoms with Crippen LogP contribution in [0.25, 0.3) is 0 Å². The van der Waals surface area contributed by atoms with E-state index in [0.29, 0.717) is 12.2 Å². The number of nitrogens with zero attached hydrogens (tertiary/aromatic N) is 1. The van der Waals surface area contributed by atoms with Crippen molar-refractivity contribution in [2.75, 3.05) is 7.11 Å². The van der Waals surface area contributed by atoms with Crippen LogP contribution >= 0.6 is 0 Å². The lowest BCUT2D eigenvalue weighted by Crippen LogP contribution is -2.50. The van der Waals surface area contributed by atoms with Gasteiger partial charge in [-0.2, -0.15) is 13.2 Å². The number of carbonyl (C=O) groups is 1. The maximum absolute atomic E-state index is 13.3. The molecular weight excluding hydrogens is 287 g/mol. The largest absolute Gasteiger partial charge is 0.466 e. The molecule has 0 saturated heterocycles. The molecule has 7 heteroatoms. The number of hydrogen-bond acceptors (Lipinski definition) is 3. The van der Waals surface area contributed by atoms with Gasteiger partial charge in [-0.3, -0.25) is 0 Å². The lowest BCUT2D eigenvalue weighted by Gasteiger charge is -2.28. The van der Waals surface area contributed by atoms with Crippen molar-refractivity contribution in [2.45, 2.75) is 46.0 Å². The first-order chi connectivity index (χ1) is 9.46. The Morgan fingerprint density at radius 1 is 1.38 bits per heavy atom. The Morgan fingerprint density at radius 3 is 2.29 bits per heavy atom. The molecule has 0 fully saturated rings. The van der Waals surface area contributed by atoms with Gasteiger partial charge < -0.3 is 14.4 Å². The van der Waals surface area contributed by atoms with Crippen molar-refractivity contribution in [3.8, 4) is 0 Å². The molecule has 1 heterocycles. The second-order valence-electron chi connectivity index (χ2n) is 5.49. The van der Waals surface area contributed by atoms with Crippen LogP contribution in [-0.4, -0.2) is 28.9 Å². The van der Waals surface area contributed by atoms with Gasteiger partial charge in [0.2, 0.25) is 0 Å². The van der Waals surface area contributed by atoms with Gasteiger partial charge in [0.15, 0.2) is 0 Å². The van der Waals surface area contributed by atoms with Gasteiger partial charge in [0.25, 0.3) is 5.60 Å². The van der Waals surface area contributed by atoms with E-state index in [1.165, 1.54) is 13.0 Å². The van der Waals surface area contributed by atoms with Gasteiger partial charge >= 0.3 is 12.1 Å². The monoisotopic (exact) mass is 307 g/mol. The molecular formula is C14H20F3NO3. The van der Waals surface area contributed by atoms with Crippen LogP contribution in [0.1, 0.15) is 30.8 Å². The lowest BCUT2D eigenvalue weighted by molar-refractivity contribution is -0.267. The summed E-state index contributed by atoms with van der Waals surface area (Å²) in [5.41, 5.74) is -3.40. The number of esters is 1. The highest BCUT2D eigenvalue weighted by atomic mass is 19.4. The standard InChI is InChI=1S/C14H20F3NO3/c1-8(2)7-18-9(3)6-11(10(18)4)13(20,12(19)21-5)14(15,16)17/h6,8,20H,7H2,1-5H3. The van der Waals surface area contributed by atoms with Crippen LogP contribution < -0.4 is 0 Å². The third kappa shape index (κ3) is 2.92. The van der Waals surface area contributed by atoms with Crippen LogP contribution in [0.15, 0.2) is 6.07 Å². The SMILES string of the molecule is COC(=O)C(O)(c1cc(C)n(CC(C)C)c1C)C(F)(F)F. The molecule has 0 aliphatic rings. The van der Waals surface area contributed by atoms with Crippen molar-refractivity contribution in [1.82, 2.24) is 4.57 Å². The minimum Gasteiger partial charge on any atom is -0.466 e. The van der Waals surface area contributed by atoms with Crippen molar-refractivity contribution in [2.24, 2.45) is 5.92 Å². The molecule has 0 spiro atoms. The molecule has 1 N–H and O–H groups in total. The Labute approximate surface area is 121 Å². The highest BCUT2D eigenvalue weighted by Gasteiger charge is 2.63. The van der Waals surface area contributed by atoms with E-state index in [1.807, 2.05) is 13.8 Å². The van der Waals surface area contributed by atoms with Crippen molar-refractivity contribution in [3.63, 3.8) is 0 Å². The Bertz CT molecular complexity index is 534. The molecule has 0 aliphatic heterocycles. The summed E-state index contributed by atoms with van der Waals surface area (Å²) < 4.78 is 45.6. The van der Waals surface area contributed by atoms with Gasteiger partial charge in [-0.15, -0.1) is 0 Å². The maximum atomic E-state index is 13.3. The zero-order valence-corrected chi connectivity index (χ0v) is 12.7. The predicted molar refractivity (Wildman–Crippen MR) is 70.7 cm³/mol. The molecule has 1 aromatic rings. The highest BCUT2D eigenvalue weighted by molar-refractivity contribution is 5.82. The summed E-state index contributed by atoms with van der Waals surface area (Å²) in [5.74, 6) is -1.53. The fourth-order valence-corrected chi connectivity index (χ4v) is 2.34. The average Bonchev–Trinajstić information content (AvgIpc) is 2.63. The number of rotatable bonds is 4. The molecule has 0 aromatic carbocycles. The zero-order chi connectivity index (χ0) is 16.6. The summed E-state index contributed by atoms with van der Waals surface area (Å²) in [6, 6.07) is 1.18. The van der Waals surface area contributed by atoms with Gasteiger partial charge in [0.1, 0.15) is 0 Å². The minimum absolute atomic E-state index is 0.200. The molecule has 0 radical (unpaired) electrons. The number of methoxy groups -OCH3 is 1. The van der Waals surface area contributed by atoms with Crippen LogP contribution in [0.4, 0.5) is 13.2 Å². The van der Waals surface area contributed by atoms with Crippen molar-refractivity contribution in [1.29, 1.82) is 0 Å². The van der Waals surface area contributed by atoms with E-state index in [0.717, 1.165) is 7.11 Å². The fourth-order valence-electron chi connectivity index (χ4n) is 2.34. The quantitative estimate of drug-likeness (QED) is 0.870. The van der Waals surface area contributed by atoms with Gasteiger partial charge in [0, 0.05) is 23.5 Å².